The summed E-state index contributed by atoms with van der Waals surface area (Å²) >= 11 is 0. The molecule has 1 saturated carbocycles. The lowest BCUT2D eigenvalue weighted by atomic mass is 9.87. The topological polar surface area (TPSA) is 89.9 Å². The molecule has 2 amide bonds. The normalized spacial score (nSPS) is 27.6. The molecule has 6 heteroatoms. The maximum absolute atomic E-state index is 12.0. The molecule has 1 saturated heterocycles. The Bertz CT molecular complexity index is 355. The molecule has 6 nitrogen and oxygen atoms in total. The van der Waals surface area contributed by atoms with E-state index in [4.69, 9.17) is 5.11 Å². The number of nitrogens with one attached hydrogen (secondary N) is 1. The van der Waals surface area contributed by atoms with Crippen molar-refractivity contribution in [3.8, 4) is 0 Å². The standard InChI is InChI=1S/C14H24N2O4/c17-11-8-12(13(18)19)16(9-11)14(20)15-7-6-10-4-2-1-3-5-10/h10-12,17H,1-9H2,(H,15,20)(H,18,19)/t11-,12-/m1/s1. The van der Waals surface area contributed by atoms with Gasteiger partial charge in [-0.05, 0) is 12.3 Å². The van der Waals surface area contributed by atoms with Gasteiger partial charge in [0.25, 0.3) is 0 Å². The van der Waals surface area contributed by atoms with Crippen LogP contribution in [0, 0.1) is 5.92 Å². The van der Waals surface area contributed by atoms with E-state index in [-0.39, 0.29) is 19.0 Å². The Morgan fingerprint density at radius 3 is 2.55 bits per heavy atom. The predicted octanol–water partition coefficient (Wildman–Crippen LogP) is 1.19. The zero-order valence-electron chi connectivity index (χ0n) is 11.8. The molecule has 1 heterocycles. The molecule has 0 bridgehead atoms. The van der Waals surface area contributed by atoms with Gasteiger partial charge in [0.05, 0.1) is 6.10 Å². The highest BCUT2D eigenvalue weighted by Crippen LogP contribution is 2.25. The van der Waals surface area contributed by atoms with Crippen LogP contribution in [0.2, 0.25) is 0 Å². The molecule has 20 heavy (non-hydrogen) atoms. The van der Waals surface area contributed by atoms with Gasteiger partial charge in [0, 0.05) is 19.5 Å². The van der Waals surface area contributed by atoms with Gasteiger partial charge in [-0.2, -0.15) is 0 Å². The summed E-state index contributed by atoms with van der Waals surface area (Å²) in [5.74, 6) is -0.368. The molecule has 0 unspecified atom stereocenters. The van der Waals surface area contributed by atoms with Crippen LogP contribution in [0.1, 0.15) is 44.9 Å². The third-order valence-electron chi connectivity index (χ3n) is 4.38. The van der Waals surface area contributed by atoms with E-state index in [9.17, 15) is 14.7 Å². The van der Waals surface area contributed by atoms with E-state index in [1.54, 1.807) is 0 Å². The molecule has 1 aliphatic carbocycles. The van der Waals surface area contributed by atoms with E-state index in [0.717, 1.165) is 6.42 Å². The van der Waals surface area contributed by atoms with E-state index in [1.165, 1.54) is 37.0 Å². The lowest BCUT2D eigenvalue weighted by Gasteiger charge is -2.24. The first kappa shape index (κ1) is 15.1. The first-order valence-electron chi connectivity index (χ1n) is 7.53. The molecule has 2 atom stereocenters. The monoisotopic (exact) mass is 284 g/mol. The molecule has 3 N–H and O–H groups in total. The number of aliphatic hydroxyl groups excluding tert-OH is 1. The van der Waals surface area contributed by atoms with Crippen molar-refractivity contribution in [2.45, 2.75) is 57.1 Å². The van der Waals surface area contributed by atoms with Gasteiger partial charge in [0.1, 0.15) is 6.04 Å². The Morgan fingerprint density at radius 2 is 1.90 bits per heavy atom. The number of nitrogens with zero attached hydrogens (tertiary/aromatic N) is 1. The van der Waals surface area contributed by atoms with Crippen LogP contribution < -0.4 is 5.32 Å². The molecular weight excluding hydrogens is 260 g/mol. The molecule has 0 radical (unpaired) electrons. The summed E-state index contributed by atoms with van der Waals surface area (Å²) in [5, 5.41) is 21.3. The second-order valence-electron chi connectivity index (χ2n) is 5.92. The maximum Gasteiger partial charge on any atom is 0.326 e. The van der Waals surface area contributed by atoms with Crippen molar-refractivity contribution >= 4 is 12.0 Å². The number of aliphatic hydroxyl groups is 1. The van der Waals surface area contributed by atoms with Gasteiger partial charge in [-0.15, -0.1) is 0 Å². The van der Waals surface area contributed by atoms with Gasteiger partial charge in [-0.3, -0.25) is 0 Å². The summed E-state index contributed by atoms with van der Waals surface area (Å²) in [6.45, 7) is 0.689. The molecule has 0 aromatic heterocycles. The Labute approximate surface area is 119 Å². The van der Waals surface area contributed by atoms with Crippen LogP contribution in [0.3, 0.4) is 0 Å². The summed E-state index contributed by atoms with van der Waals surface area (Å²) in [4.78, 5) is 24.3. The number of likely N-dealkylation sites (tertiary alicyclic amines) is 1. The molecule has 1 aliphatic heterocycles. The summed E-state index contributed by atoms with van der Waals surface area (Å²) in [6.07, 6.45) is 6.67. The molecule has 2 rings (SSSR count). The van der Waals surface area contributed by atoms with Gasteiger partial charge in [0.2, 0.25) is 0 Å². The van der Waals surface area contributed by atoms with Crippen LogP contribution in [-0.4, -0.2) is 52.3 Å². The van der Waals surface area contributed by atoms with Crippen molar-refractivity contribution in [1.82, 2.24) is 10.2 Å². The number of amides is 2. The molecule has 2 aliphatic rings. The van der Waals surface area contributed by atoms with Crippen molar-refractivity contribution in [1.29, 1.82) is 0 Å². The fourth-order valence-electron chi connectivity index (χ4n) is 3.23. The van der Waals surface area contributed by atoms with Crippen LogP contribution >= 0.6 is 0 Å². The molecular formula is C14H24N2O4. The number of β-amino-alcohol motifs (C(OH)–C–C–N with tert-alkyl or cyclic N) is 1. The number of hydrogen-bond donors (Lipinski definition) is 3. The van der Waals surface area contributed by atoms with E-state index in [1.807, 2.05) is 0 Å². The van der Waals surface area contributed by atoms with Crippen LogP contribution in [-0.2, 0) is 4.79 Å². The first-order chi connectivity index (χ1) is 9.58. The lowest BCUT2D eigenvalue weighted by Crippen LogP contribution is -2.46. The minimum absolute atomic E-state index is 0.103. The van der Waals surface area contributed by atoms with Crippen molar-refractivity contribution in [2.24, 2.45) is 5.92 Å². The smallest absolute Gasteiger partial charge is 0.326 e. The zero-order chi connectivity index (χ0) is 14.5. The van der Waals surface area contributed by atoms with E-state index in [0.29, 0.717) is 12.5 Å². The maximum atomic E-state index is 12.0. The number of aliphatic carboxylic acids is 1. The largest absolute Gasteiger partial charge is 0.480 e. The quantitative estimate of drug-likeness (QED) is 0.723. The molecule has 114 valence electrons. The predicted molar refractivity (Wildman–Crippen MR) is 73.3 cm³/mol. The lowest BCUT2D eigenvalue weighted by molar-refractivity contribution is -0.141. The average molecular weight is 284 g/mol. The SMILES string of the molecule is O=C(O)[C@H]1C[C@@H](O)CN1C(=O)NCCC1CCCCC1. The van der Waals surface area contributed by atoms with Gasteiger partial charge in [-0.1, -0.05) is 32.1 Å². The molecule has 0 aromatic carbocycles. The highest BCUT2D eigenvalue weighted by atomic mass is 16.4. The fraction of sp³-hybridized carbons (Fsp3) is 0.857. The highest BCUT2D eigenvalue weighted by molar-refractivity contribution is 5.83. The third-order valence-corrected chi connectivity index (χ3v) is 4.38. The summed E-state index contributed by atoms with van der Waals surface area (Å²) in [6, 6.07) is -1.27. The fourth-order valence-corrected chi connectivity index (χ4v) is 3.23. The van der Waals surface area contributed by atoms with Crippen LogP contribution in [0.5, 0.6) is 0 Å². The van der Waals surface area contributed by atoms with Gasteiger partial charge >= 0.3 is 12.0 Å². The minimum atomic E-state index is -1.05. The molecule has 0 spiro atoms. The number of carbonyl (C=O) groups is 2. The minimum Gasteiger partial charge on any atom is -0.480 e. The van der Waals surface area contributed by atoms with Crippen molar-refractivity contribution in [2.75, 3.05) is 13.1 Å². The third kappa shape index (κ3) is 3.85. The molecule has 2 fully saturated rings. The van der Waals surface area contributed by atoms with E-state index < -0.39 is 18.1 Å². The second kappa shape index (κ2) is 6.92. The first-order valence-corrected chi connectivity index (χ1v) is 7.53. The highest BCUT2D eigenvalue weighted by Gasteiger charge is 2.38. The Kier molecular flexibility index (Phi) is 5.23. The van der Waals surface area contributed by atoms with Crippen molar-refractivity contribution in [3.63, 3.8) is 0 Å². The number of carboxylic acid groups (broad SMARTS) is 1. The molecule has 0 aromatic rings. The van der Waals surface area contributed by atoms with Crippen LogP contribution in [0.25, 0.3) is 0 Å². The van der Waals surface area contributed by atoms with Gasteiger partial charge in [-0.25, -0.2) is 9.59 Å². The van der Waals surface area contributed by atoms with Crippen molar-refractivity contribution in [3.05, 3.63) is 0 Å². The van der Waals surface area contributed by atoms with Gasteiger partial charge < -0.3 is 20.4 Å². The number of urea groups is 1. The van der Waals surface area contributed by atoms with E-state index in [2.05, 4.69) is 5.32 Å². The number of rotatable bonds is 4. The van der Waals surface area contributed by atoms with E-state index >= 15 is 0 Å². The zero-order valence-corrected chi connectivity index (χ0v) is 11.8. The average Bonchev–Trinajstić information content (AvgIpc) is 2.82. The van der Waals surface area contributed by atoms with Crippen LogP contribution in [0.4, 0.5) is 4.79 Å². The summed E-state index contributed by atoms with van der Waals surface area (Å²) < 4.78 is 0. The van der Waals surface area contributed by atoms with Gasteiger partial charge in [0.15, 0.2) is 0 Å². The van der Waals surface area contributed by atoms with Crippen LogP contribution in [0.15, 0.2) is 0 Å². The Hall–Kier alpha value is -1.30. The Balaban J connectivity index is 1.74. The van der Waals surface area contributed by atoms with Crippen molar-refractivity contribution < 1.29 is 19.8 Å². The number of carboxylic acids is 1. The summed E-state index contributed by atoms with van der Waals surface area (Å²) in [5.41, 5.74) is 0. The summed E-state index contributed by atoms with van der Waals surface area (Å²) in [7, 11) is 0. The Morgan fingerprint density at radius 1 is 1.20 bits per heavy atom. The number of hydrogen-bond acceptors (Lipinski definition) is 3. The number of carbonyl (C=O) groups excluding carboxylic acids is 1. The second-order valence-corrected chi connectivity index (χ2v) is 5.92.